The van der Waals surface area contributed by atoms with E-state index < -0.39 is 0 Å². The van der Waals surface area contributed by atoms with E-state index in [1.54, 1.807) is 8.80 Å². The van der Waals surface area contributed by atoms with Crippen LogP contribution in [-0.4, -0.2) is 18.8 Å². The van der Waals surface area contributed by atoms with E-state index in [0.29, 0.717) is 21.4 Å². The van der Waals surface area contributed by atoms with E-state index in [9.17, 15) is 9.59 Å². The molecule has 8 rings (SSSR count). The average Bonchev–Trinajstić information content (AvgIpc) is 3.54. The number of rotatable bonds is 2. The standard InChI is InChI=1S/C28H18N4O2S/c1-3-4-14-6-10-18-20(12-14)32-26(30-18)23-22-16(27(32)33)8-7-15-21(22)24(35-23)28(34)31-19-11-13(2)5-9-17(19)29-25(15)31/h5-12H,3-4H2,1-2H3. The van der Waals surface area contributed by atoms with Crippen molar-refractivity contribution in [2.24, 2.45) is 0 Å². The number of nitrogens with zero attached hydrogens (tertiary/aromatic N) is 4. The van der Waals surface area contributed by atoms with Crippen LogP contribution in [0.4, 0.5) is 0 Å². The van der Waals surface area contributed by atoms with Gasteiger partial charge in [-0.1, -0.05) is 25.5 Å². The molecule has 5 heterocycles. The second kappa shape index (κ2) is 6.31. The van der Waals surface area contributed by atoms with Gasteiger partial charge in [-0.25, -0.2) is 9.97 Å². The van der Waals surface area contributed by atoms with Crippen LogP contribution in [-0.2, 0) is 6.42 Å². The van der Waals surface area contributed by atoms with Crippen molar-refractivity contribution in [1.29, 1.82) is 0 Å². The predicted octanol–water partition coefficient (Wildman–Crippen LogP) is 5.67. The van der Waals surface area contributed by atoms with Crippen LogP contribution in [0.5, 0.6) is 0 Å². The first-order valence-electron chi connectivity index (χ1n) is 11.7. The van der Waals surface area contributed by atoms with E-state index >= 15 is 0 Å². The third-order valence-electron chi connectivity index (χ3n) is 7.21. The zero-order chi connectivity index (χ0) is 23.6. The third-order valence-corrected chi connectivity index (χ3v) is 8.38. The van der Waals surface area contributed by atoms with Crippen molar-refractivity contribution in [3.8, 4) is 0 Å². The maximum atomic E-state index is 13.8. The molecule has 35 heavy (non-hydrogen) atoms. The third kappa shape index (κ3) is 2.24. The molecular weight excluding hydrogens is 456 g/mol. The summed E-state index contributed by atoms with van der Waals surface area (Å²) in [7, 11) is 0. The SMILES string of the molecule is CCCc1ccc2nc3c4sc5c(=O)n6c7cc(C)ccc7nc6c6ccc(c(=O)n3c2c1)c4c56. The number of imidazole rings is 2. The van der Waals surface area contributed by atoms with Gasteiger partial charge in [0, 0.05) is 21.5 Å². The second-order valence-corrected chi connectivity index (χ2v) is 10.4. The Balaban J connectivity index is 1.63. The highest BCUT2D eigenvalue weighted by atomic mass is 32.1. The predicted molar refractivity (Wildman–Crippen MR) is 143 cm³/mol. The Hall–Kier alpha value is -4.10. The highest BCUT2D eigenvalue weighted by Gasteiger charge is 2.24. The lowest BCUT2D eigenvalue weighted by Crippen LogP contribution is -2.13. The van der Waals surface area contributed by atoms with Crippen LogP contribution in [0.2, 0.25) is 0 Å². The minimum absolute atomic E-state index is 0.0956. The van der Waals surface area contributed by atoms with Crippen molar-refractivity contribution in [2.75, 3.05) is 0 Å². The van der Waals surface area contributed by atoms with Crippen molar-refractivity contribution in [3.63, 3.8) is 0 Å². The molecule has 5 aromatic heterocycles. The summed E-state index contributed by atoms with van der Waals surface area (Å²) in [6, 6.07) is 15.9. The van der Waals surface area contributed by atoms with Gasteiger partial charge in [-0.05, 0) is 60.9 Å². The van der Waals surface area contributed by atoms with Crippen LogP contribution >= 0.6 is 11.3 Å². The van der Waals surface area contributed by atoms with E-state index in [1.165, 1.54) is 16.9 Å². The van der Waals surface area contributed by atoms with Crippen LogP contribution in [0.1, 0.15) is 24.5 Å². The fourth-order valence-corrected chi connectivity index (χ4v) is 6.91. The summed E-state index contributed by atoms with van der Waals surface area (Å²) in [4.78, 5) is 37.3. The first kappa shape index (κ1) is 19.2. The van der Waals surface area contributed by atoms with Crippen molar-refractivity contribution < 1.29 is 0 Å². The maximum Gasteiger partial charge on any atom is 0.274 e. The molecule has 168 valence electrons. The van der Waals surface area contributed by atoms with Crippen LogP contribution in [0.3, 0.4) is 0 Å². The van der Waals surface area contributed by atoms with E-state index in [-0.39, 0.29) is 11.1 Å². The molecule has 0 saturated carbocycles. The monoisotopic (exact) mass is 474 g/mol. The molecule has 0 aliphatic rings. The van der Waals surface area contributed by atoms with Crippen molar-refractivity contribution >= 4 is 75.6 Å². The minimum Gasteiger partial charge on any atom is -0.268 e. The van der Waals surface area contributed by atoms with Gasteiger partial charge in [-0.15, -0.1) is 11.3 Å². The van der Waals surface area contributed by atoms with Crippen LogP contribution in [0.15, 0.2) is 58.1 Å². The number of hydrogen-bond donors (Lipinski definition) is 0. The van der Waals surface area contributed by atoms with E-state index in [0.717, 1.165) is 61.3 Å². The van der Waals surface area contributed by atoms with Crippen LogP contribution in [0, 0.1) is 6.92 Å². The van der Waals surface area contributed by atoms with E-state index in [1.807, 2.05) is 43.3 Å². The quantitative estimate of drug-likeness (QED) is 0.303. The van der Waals surface area contributed by atoms with Crippen molar-refractivity contribution in [3.05, 3.63) is 80.4 Å². The number of fused-ring (bicyclic) bond motifs is 8. The van der Waals surface area contributed by atoms with Gasteiger partial charge in [0.1, 0.15) is 10.3 Å². The average molecular weight is 475 g/mol. The summed E-state index contributed by atoms with van der Waals surface area (Å²) in [6.45, 7) is 4.16. The van der Waals surface area contributed by atoms with Gasteiger partial charge in [0.15, 0.2) is 5.65 Å². The Kier molecular flexibility index (Phi) is 3.47. The zero-order valence-electron chi connectivity index (χ0n) is 19.0. The maximum absolute atomic E-state index is 13.8. The Labute approximate surface area is 201 Å². The molecule has 0 amide bonds. The first-order valence-corrected chi connectivity index (χ1v) is 12.6. The number of thiophene rings is 1. The fourth-order valence-electron chi connectivity index (χ4n) is 5.67. The smallest absolute Gasteiger partial charge is 0.268 e. The Morgan fingerprint density at radius 2 is 1.46 bits per heavy atom. The van der Waals surface area contributed by atoms with E-state index in [4.69, 9.17) is 9.97 Å². The van der Waals surface area contributed by atoms with Gasteiger partial charge < -0.3 is 0 Å². The number of aromatic nitrogens is 4. The number of benzene rings is 3. The minimum atomic E-state index is -0.0961. The molecule has 7 heteroatoms. The molecule has 0 radical (unpaired) electrons. The lowest BCUT2D eigenvalue weighted by molar-refractivity contribution is 0.923. The van der Waals surface area contributed by atoms with Crippen molar-refractivity contribution in [1.82, 2.24) is 18.8 Å². The molecule has 8 aromatic rings. The summed E-state index contributed by atoms with van der Waals surface area (Å²) >= 11 is 1.43. The van der Waals surface area contributed by atoms with Gasteiger partial charge in [-0.2, -0.15) is 0 Å². The largest absolute Gasteiger partial charge is 0.274 e. The normalized spacial score (nSPS) is 12.7. The summed E-state index contributed by atoms with van der Waals surface area (Å²) in [6.07, 6.45) is 1.98. The molecular formula is C28H18N4O2S. The molecule has 0 saturated heterocycles. The second-order valence-electron chi connectivity index (χ2n) is 9.39. The summed E-state index contributed by atoms with van der Waals surface area (Å²) in [5.41, 5.74) is 6.55. The molecule has 0 fully saturated rings. The zero-order valence-corrected chi connectivity index (χ0v) is 19.9. The molecule has 6 nitrogen and oxygen atoms in total. The summed E-state index contributed by atoms with van der Waals surface area (Å²) in [5.74, 6) is 0. The summed E-state index contributed by atoms with van der Waals surface area (Å²) < 4.78 is 4.96. The van der Waals surface area contributed by atoms with Gasteiger partial charge >= 0.3 is 0 Å². The summed E-state index contributed by atoms with van der Waals surface area (Å²) in [5, 5.41) is 3.15. The molecule has 0 aliphatic heterocycles. The van der Waals surface area contributed by atoms with Crippen LogP contribution < -0.4 is 11.1 Å². The van der Waals surface area contributed by atoms with Gasteiger partial charge in [0.2, 0.25) is 0 Å². The van der Waals surface area contributed by atoms with E-state index in [2.05, 4.69) is 19.1 Å². The van der Waals surface area contributed by atoms with Crippen LogP contribution in [0.25, 0.3) is 64.3 Å². The molecule has 0 N–H and O–H groups in total. The number of aryl methyl sites for hydroxylation is 2. The Bertz CT molecular complexity index is 2290. The Morgan fingerprint density at radius 1 is 0.771 bits per heavy atom. The topological polar surface area (TPSA) is 68.7 Å². The number of hydrogen-bond acceptors (Lipinski definition) is 5. The molecule has 0 aliphatic carbocycles. The molecule has 0 spiro atoms. The molecule has 3 aromatic carbocycles. The molecule has 0 bridgehead atoms. The molecule has 0 unspecified atom stereocenters. The van der Waals surface area contributed by atoms with Gasteiger partial charge in [0.25, 0.3) is 11.1 Å². The van der Waals surface area contributed by atoms with Gasteiger partial charge in [0.05, 0.1) is 26.8 Å². The highest BCUT2D eigenvalue weighted by molar-refractivity contribution is 7.26. The fraction of sp³-hybridized carbons (Fsp3) is 0.143. The lowest BCUT2D eigenvalue weighted by atomic mass is 10.0. The lowest BCUT2D eigenvalue weighted by Gasteiger charge is -2.05. The molecule has 0 atom stereocenters. The first-order chi connectivity index (χ1) is 17.0. The van der Waals surface area contributed by atoms with Gasteiger partial charge in [-0.3, -0.25) is 18.4 Å². The number of pyridine rings is 2. The van der Waals surface area contributed by atoms with Crippen molar-refractivity contribution in [2.45, 2.75) is 26.7 Å². The highest BCUT2D eigenvalue weighted by Crippen LogP contribution is 2.41. The Morgan fingerprint density at radius 3 is 2.29 bits per heavy atom.